The van der Waals surface area contributed by atoms with Crippen LogP contribution in [0, 0.1) is 0 Å². The maximum absolute atomic E-state index is 13.7. The van der Waals surface area contributed by atoms with Gasteiger partial charge in [0.25, 0.3) is 0 Å². The van der Waals surface area contributed by atoms with Gasteiger partial charge in [-0.25, -0.2) is 39.0 Å². The van der Waals surface area contributed by atoms with Crippen LogP contribution in [0.25, 0.3) is 22.3 Å². The van der Waals surface area contributed by atoms with Gasteiger partial charge in [-0.15, -0.1) is 0 Å². The largest absolute Gasteiger partial charge is 0.386 e. The number of fused-ring (bicyclic) bond motifs is 5. The van der Waals surface area contributed by atoms with Gasteiger partial charge < -0.3 is 20.9 Å². The van der Waals surface area contributed by atoms with Gasteiger partial charge in [-0.1, -0.05) is 31.4 Å². The molecule has 0 aromatic carbocycles. The third-order valence-corrected chi connectivity index (χ3v) is 11.1. The van der Waals surface area contributed by atoms with Gasteiger partial charge in [0.05, 0.1) is 32.0 Å². The normalized spacial score (nSPS) is 36.6. The van der Waals surface area contributed by atoms with Crippen molar-refractivity contribution in [1.29, 1.82) is 0 Å². The van der Waals surface area contributed by atoms with Gasteiger partial charge >= 0.3 is 13.6 Å². The van der Waals surface area contributed by atoms with Crippen molar-refractivity contribution < 1.29 is 36.7 Å². The molecule has 0 aliphatic carbocycles. The Hall–Kier alpha value is -2.38. The molecule has 236 valence electrons. The number of ether oxygens (including phenoxy) is 2. The van der Waals surface area contributed by atoms with E-state index < -0.39 is 50.0 Å². The second-order valence-corrected chi connectivity index (χ2v) is 16.3. The van der Waals surface area contributed by atoms with Crippen LogP contribution in [-0.4, -0.2) is 76.2 Å². The number of nitrogen functional groups attached to an aromatic ring is 2. The number of nitrogens with two attached hydrogens (primary N) is 2. The Kier molecular flexibility index (Phi) is 7.67. The van der Waals surface area contributed by atoms with E-state index in [9.17, 15) is 9.13 Å². The molecular formula is C22H28N10O8P2S2. The Morgan fingerprint density at radius 3 is 2.23 bits per heavy atom. The monoisotopic (exact) mass is 686 g/mol. The summed E-state index contributed by atoms with van der Waals surface area (Å²) in [6.07, 6.45) is 2.18. The van der Waals surface area contributed by atoms with Crippen LogP contribution in [0.3, 0.4) is 0 Å². The minimum atomic E-state index is -4.07. The Morgan fingerprint density at radius 2 is 1.55 bits per heavy atom. The maximum atomic E-state index is 13.7. The van der Waals surface area contributed by atoms with Crippen LogP contribution in [-0.2, 0) is 36.7 Å². The first kappa shape index (κ1) is 30.3. The number of hydrogen-bond acceptors (Lipinski definition) is 16. The van der Waals surface area contributed by atoms with Crippen molar-refractivity contribution in [3.8, 4) is 0 Å². The van der Waals surface area contributed by atoms with Crippen LogP contribution in [0.15, 0.2) is 25.3 Å². The topological polar surface area (TPSA) is 229 Å². The predicted octanol–water partition coefficient (Wildman–Crippen LogP) is 3.08. The Bertz CT molecular complexity index is 1830. The number of aromatic nitrogens is 8. The number of hydrogen-bond donors (Lipinski definition) is 4. The number of rotatable bonds is 3. The zero-order valence-electron chi connectivity index (χ0n) is 23.0. The molecule has 4 aromatic heterocycles. The molecule has 44 heavy (non-hydrogen) atoms. The molecule has 7 rings (SSSR count). The van der Waals surface area contributed by atoms with Crippen LogP contribution in [0.1, 0.15) is 38.6 Å². The van der Waals surface area contributed by atoms with Crippen LogP contribution >= 0.6 is 38.1 Å². The summed E-state index contributed by atoms with van der Waals surface area (Å²) in [5.74, 6) is 0.381. The minimum Gasteiger partial charge on any atom is -0.382 e. The number of thiol groups is 2. The highest BCUT2D eigenvalue weighted by atomic mass is 32.7. The molecule has 4 N–H and O–H groups in total. The van der Waals surface area contributed by atoms with E-state index in [0.717, 1.165) is 0 Å². The highest BCUT2D eigenvalue weighted by Gasteiger charge is 2.54. The molecule has 4 aromatic rings. The van der Waals surface area contributed by atoms with E-state index in [1.165, 1.54) is 25.3 Å². The molecule has 0 saturated carbocycles. The Labute approximate surface area is 259 Å². The highest BCUT2D eigenvalue weighted by molar-refractivity contribution is 8.44. The Balaban J connectivity index is 1.21. The van der Waals surface area contributed by atoms with Gasteiger partial charge in [-0.05, 0) is 6.42 Å². The Morgan fingerprint density at radius 1 is 0.909 bits per heavy atom. The van der Waals surface area contributed by atoms with Crippen LogP contribution in [0.2, 0.25) is 0 Å². The number of nitrogens with zero attached hydrogens (tertiary/aromatic N) is 8. The first-order valence-electron chi connectivity index (χ1n) is 13.5. The fourth-order valence-corrected chi connectivity index (χ4v) is 8.77. The van der Waals surface area contributed by atoms with E-state index in [2.05, 4.69) is 54.4 Å². The van der Waals surface area contributed by atoms with E-state index in [-0.39, 0.29) is 37.7 Å². The smallest absolute Gasteiger partial charge is 0.382 e. The van der Waals surface area contributed by atoms with Crippen molar-refractivity contribution in [1.82, 2.24) is 39.0 Å². The molecule has 3 aliphatic rings. The third kappa shape index (κ3) is 5.40. The summed E-state index contributed by atoms with van der Waals surface area (Å²) >= 11 is 8.56. The van der Waals surface area contributed by atoms with Gasteiger partial charge in [0, 0.05) is 12.8 Å². The fourth-order valence-electron chi connectivity index (χ4n) is 5.70. The van der Waals surface area contributed by atoms with Crippen LogP contribution < -0.4 is 11.5 Å². The molecule has 18 nitrogen and oxygen atoms in total. The SMILES string of the molecule is CC[C@@]12CO[P@@](=O)(S)O[C@@H]3C[C@@H](COP(=O)(S)O[C@H]1C[C@H](n1cnc4c(N)ncnc41)O2)O[C@H]3n1cnc2c(N)ncnc21. The second-order valence-electron chi connectivity index (χ2n) is 10.5. The number of anilines is 2. The summed E-state index contributed by atoms with van der Waals surface area (Å²) in [6.45, 7) is -6.73. The lowest BCUT2D eigenvalue weighted by Crippen LogP contribution is -2.44. The lowest BCUT2D eigenvalue weighted by Gasteiger charge is -2.34. The van der Waals surface area contributed by atoms with Crippen molar-refractivity contribution in [3.05, 3.63) is 25.3 Å². The van der Waals surface area contributed by atoms with E-state index in [0.29, 0.717) is 28.7 Å². The average molecular weight is 687 g/mol. The lowest BCUT2D eigenvalue weighted by molar-refractivity contribution is -0.122. The second kappa shape index (κ2) is 11.2. The predicted molar refractivity (Wildman–Crippen MR) is 161 cm³/mol. The van der Waals surface area contributed by atoms with E-state index in [1.807, 2.05) is 6.92 Å². The standard InChI is InChI=1S/C22H28N10O8P2S2/c1-2-22-6-36-42(34,44)39-12-3-11(37-21(12)32-10-30-16-18(24)26-8-28-20(16)32)5-35-41(33,43)40-13(22)4-14(38-22)31-9-29-15-17(23)25-7-27-19(15)31/h7-14,21H,2-6H2,1H3,(H,33,43)(H,34,44)(H2,23,25,27)(H2,24,26,28)/t11-,12+,13-,14+,21+,22+,41?,42+/m0/s1. The van der Waals surface area contributed by atoms with Gasteiger partial charge in [0.2, 0.25) is 0 Å². The van der Waals surface area contributed by atoms with Gasteiger partial charge in [0.15, 0.2) is 29.2 Å². The first-order valence-corrected chi connectivity index (χ1v) is 18.9. The number of imidazole rings is 2. The zero-order valence-corrected chi connectivity index (χ0v) is 26.6. The fraction of sp³-hybridized carbons (Fsp3) is 0.545. The van der Waals surface area contributed by atoms with Crippen LogP contribution in [0.4, 0.5) is 11.6 Å². The molecule has 0 amide bonds. The van der Waals surface area contributed by atoms with E-state index in [1.54, 1.807) is 9.13 Å². The molecule has 3 aliphatic heterocycles. The summed E-state index contributed by atoms with van der Waals surface area (Å²) in [6, 6.07) is 0. The quantitative estimate of drug-likeness (QED) is 0.179. The van der Waals surface area contributed by atoms with Crippen molar-refractivity contribution >= 4 is 72.1 Å². The third-order valence-electron chi connectivity index (χ3n) is 7.90. The molecule has 3 fully saturated rings. The summed E-state index contributed by atoms with van der Waals surface area (Å²) in [7, 11) is 0. The molecule has 2 bridgehead atoms. The molecular weight excluding hydrogens is 658 g/mol. The van der Waals surface area contributed by atoms with Crippen molar-refractivity contribution in [2.45, 2.75) is 62.6 Å². The lowest BCUT2D eigenvalue weighted by atomic mass is 9.95. The van der Waals surface area contributed by atoms with Gasteiger partial charge in [0.1, 0.15) is 47.7 Å². The average Bonchev–Trinajstić information content (AvgIpc) is 3.75. The van der Waals surface area contributed by atoms with Crippen molar-refractivity contribution in [3.63, 3.8) is 0 Å². The summed E-state index contributed by atoms with van der Waals surface area (Å²) in [4.78, 5) is 25.1. The molecule has 0 radical (unpaired) electrons. The van der Waals surface area contributed by atoms with Crippen molar-refractivity contribution in [2.75, 3.05) is 24.7 Å². The summed E-state index contributed by atoms with van der Waals surface area (Å²) in [5.41, 5.74) is 12.2. The highest BCUT2D eigenvalue weighted by Crippen LogP contribution is 2.62. The minimum absolute atomic E-state index is 0.168. The van der Waals surface area contributed by atoms with E-state index in [4.69, 9.17) is 39.0 Å². The van der Waals surface area contributed by atoms with Gasteiger partial charge in [-0.3, -0.25) is 27.2 Å². The molecule has 0 spiro atoms. The summed E-state index contributed by atoms with van der Waals surface area (Å²) in [5, 5.41) is 0. The molecule has 1 unspecified atom stereocenters. The maximum Gasteiger partial charge on any atom is 0.386 e. The first-order chi connectivity index (χ1) is 21.0. The van der Waals surface area contributed by atoms with Gasteiger partial charge in [-0.2, -0.15) is 0 Å². The summed E-state index contributed by atoms with van der Waals surface area (Å²) < 4.78 is 66.8. The molecule has 3 saturated heterocycles. The zero-order chi connectivity index (χ0) is 30.9. The molecule has 7 heterocycles. The molecule has 22 heteroatoms. The molecule has 8 atom stereocenters. The van der Waals surface area contributed by atoms with Crippen molar-refractivity contribution in [2.24, 2.45) is 0 Å². The van der Waals surface area contributed by atoms with E-state index >= 15 is 0 Å². The van der Waals surface area contributed by atoms with Crippen LogP contribution in [0.5, 0.6) is 0 Å².